The minimum absolute atomic E-state index is 0.132. The molecule has 2 aliphatic rings. The molecule has 21 heavy (non-hydrogen) atoms. The Morgan fingerprint density at radius 2 is 2.43 bits per heavy atom. The number of hydrogen-bond acceptors (Lipinski definition) is 7. The van der Waals surface area contributed by atoms with E-state index in [1.165, 1.54) is 17.2 Å². The number of nitrogens with zero attached hydrogens (tertiary/aromatic N) is 5. The van der Waals surface area contributed by atoms with Gasteiger partial charge in [-0.05, 0) is 11.6 Å². The Bertz CT molecular complexity index is 546. The molecule has 9 nitrogen and oxygen atoms in total. The van der Waals surface area contributed by atoms with E-state index in [2.05, 4.69) is 21.6 Å². The first-order chi connectivity index (χ1) is 9.95. The summed E-state index contributed by atoms with van der Waals surface area (Å²) in [5, 5.41) is 22.7. The summed E-state index contributed by atoms with van der Waals surface area (Å²) in [6, 6.07) is 0. The average Bonchev–Trinajstić information content (AvgIpc) is 2.71. The molecular formula is C11H15FN6O3. The predicted octanol–water partition coefficient (Wildman–Crippen LogP) is -0.259. The van der Waals surface area contributed by atoms with Gasteiger partial charge in [0.05, 0.1) is 13.2 Å². The lowest BCUT2D eigenvalue weighted by Gasteiger charge is -2.31. The number of alkyl halides is 1. The monoisotopic (exact) mass is 298 g/mol. The van der Waals surface area contributed by atoms with Gasteiger partial charge in [0.25, 0.3) is 0 Å². The summed E-state index contributed by atoms with van der Waals surface area (Å²) >= 11 is 0. The Kier molecular flexibility index (Phi) is 4.14. The van der Waals surface area contributed by atoms with Crippen LogP contribution in [0.25, 0.3) is 10.4 Å². The number of aliphatic imine (C=N–C) groups is 1. The van der Waals surface area contributed by atoms with E-state index in [4.69, 9.17) is 16.0 Å². The van der Waals surface area contributed by atoms with Crippen LogP contribution in [0, 0.1) is 0 Å². The molecule has 1 saturated heterocycles. The standard InChI is InChI=1S/C11H15FN6O3/c1-6-16-7(13)2-3-18(6)10-8(12)9(20)11(5-19,21-10)4-15-17-14/h2-3,8-10,19-20H,1,4-5H2,(H2,13,16)/t8-,9+,10-,11-/m1/s1. The number of aliphatic hydroxyl groups is 2. The molecule has 1 fully saturated rings. The van der Waals surface area contributed by atoms with Crippen molar-refractivity contribution in [1.29, 1.82) is 0 Å². The number of azide groups is 1. The summed E-state index contributed by atoms with van der Waals surface area (Å²) in [5.41, 5.74) is 12.1. The van der Waals surface area contributed by atoms with E-state index in [0.717, 1.165) is 0 Å². The molecule has 2 heterocycles. The van der Waals surface area contributed by atoms with Crippen molar-refractivity contribution in [3.8, 4) is 0 Å². The van der Waals surface area contributed by atoms with Crippen LogP contribution in [0.15, 0.2) is 34.8 Å². The molecule has 0 aromatic heterocycles. The van der Waals surface area contributed by atoms with E-state index in [0.29, 0.717) is 0 Å². The van der Waals surface area contributed by atoms with Gasteiger partial charge in [0.2, 0.25) is 0 Å². The van der Waals surface area contributed by atoms with Gasteiger partial charge < -0.3 is 25.6 Å². The average molecular weight is 298 g/mol. The highest BCUT2D eigenvalue weighted by Gasteiger charge is 2.56. The zero-order chi connectivity index (χ0) is 15.6. The van der Waals surface area contributed by atoms with Gasteiger partial charge in [-0.1, -0.05) is 11.7 Å². The van der Waals surface area contributed by atoms with Crippen LogP contribution >= 0.6 is 0 Å². The second-order valence-corrected chi connectivity index (χ2v) is 4.69. The number of rotatable bonds is 4. The second kappa shape index (κ2) is 5.70. The zero-order valence-electron chi connectivity index (χ0n) is 11.0. The molecule has 0 spiro atoms. The summed E-state index contributed by atoms with van der Waals surface area (Å²) in [4.78, 5) is 7.65. The fourth-order valence-corrected chi connectivity index (χ4v) is 2.21. The van der Waals surface area contributed by atoms with Gasteiger partial charge in [0.15, 0.2) is 12.4 Å². The molecule has 4 atom stereocenters. The highest BCUT2D eigenvalue weighted by Crippen LogP contribution is 2.37. The lowest BCUT2D eigenvalue weighted by Crippen LogP contribution is -2.48. The molecule has 4 N–H and O–H groups in total. The fourth-order valence-electron chi connectivity index (χ4n) is 2.21. The molecular weight excluding hydrogens is 283 g/mol. The third kappa shape index (κ3) is 2.57. The molecule has 0 aliphatic carbocycles. The van der Waals surface area contributed by atoms with E-state index >= 15 is 0 Å². The molecule has 0 saturated carbocycles. The SMILES string of the molecule is C=C1N=C(N)C=CN1[C@@H]1O[C@@](CO)(CN=[N+]=[N-])[C@@H](O)[C@H]1F. The topological polar surface area (TPSA) is 140 Å². The molecule has 114 valence electrons. The fraction of sp³-hybridized carbons (Fsp3) is 0.545. The van der Waals surface area contributed by atoms with Crippen molar-refractivity contribution in [2.75, 3.05) is 13.2 Å². The Labute approximate surface area is 119 Å². The van der Waals surface area contributed by atoms with Crippen LogP contribution in [-0.2, 0) is 4.74 Å². The van der Waals surface area contributed by atoms with Crippen LogP contribution in [0.4, 0.5) is 4.39 Å². The van der Waals surface area contributed by atoms with Gasteiger partial charge in [-0.3, -0.25) is 0 Å². The highest BCUT2D eigenvalue weighted by atomic mass is 19.1. The van der Waals surface area contributed by atoms with Crippen molar-refractivity contribution >= 4 is 5.84 Å². The maximum Gasteiger partial charge on any atom is 0.174 e. The first-order valence-electron chi connectivity index (χ1n) is 6.06. The van der Waals surface area contributed by atoms with Gasteiger partial charge in [-0.2, -0.15) is 0 Å². The first kappa shape index (κ1) is 15.3. The minimum Gasteiger partial charge on any atom is -0.393 e. The van der Waals surface area contributed by atoms with Crippen LogP contribution in [0.2, 0.25) is 0 Å². The van der Waals surface area contributed by atoms with Gasteiger partial charge in [0, 0.05) is 11.1 Å². The molecule has 0 unspecified atom stereocenters. The largest absolute Gasteiger partial charge is 0.393 e. The summed E-state index contributed by atoms with van der Waals surface area (Å²) in [6.45, 7) is 2.50. The maximum absolute atomic E-state index is 14.3. The van der Waals surface area contributed by atoms with Crippen molar-refractivity contribution in [3.05, 3.63) is 35.1 Å². The normalized spacial score (nSPS) is 35.6. The first-order valence-corrected chi connectivity index (χ1v) is 6.06. The Hall–Kier alpha value is -2.13. The number of aliphatic hydroxyl groups excluding tert-OH is 2. The molecule has 0 aromatic rings. The second-order valence-electron chi connectivity index (χ2n) is 4.69. The zero-order valence-corrected chi connectivity index (χ0v) is 11.0. The number of halogens is 1. The van der Waals surface area contributed by atoms with Crippen molar-refractivity contribution < 1.29 is 19.3 Å². The summed E-state index contributed by atoms with van der Waals surface area (Å²) in [7, 11) is 0. The molecule has 0 radical (unpaired) electrons. The number of nitrogens with two attached hydrogens (primary N) is 1. The van der Waals surface area contributed by atoms with Crippen LogP contribution < -0.4 is 5.73 Å². The lowest BCUT2D eigenvalue weighted by molar-refractivity contribution is -0.128. The predicted molar refractivity (Wildman–Crippen MR) is 71.3 cm³/mol. The van der Waals surface area contributed by atoms with Crippen molar-refractivity contribution in [3.63, 3.8) is 0 Å². The smallest absolute Gasteiger partial charge is 0.174 e. The van der Waals surface area contributed by atoms with E-state index in [9.17, 15) is 14.6 Å². The Morgan fingerprint density at radius 1 is 1.71 bits per heavy atom. The molecule has 10 heteroatoms. The highest BCUT2D eigenvalue weighted by molar-refractivity contribution is 5.92. The molecule has 2 rings (SSSR count). The van der Waals surface area contributed by atoms with Crippen LogP contribution in [0.1, 0.15) is 0 Å². The molecule has 0 aromatic carbocycles. The van der Waals surface area contributed by atoms with Gasteiger partial charge in [0.1, 0.15) is 23.4 Å². The van der Waals surface area contributed by atoms with Crippen LogP contribution in [-0.4, -0.2) is 58.2 Å². The van der Waals surface area contributed by atoms with Crippen molar-refractivity contribution in [1.82, 2.24) is 4.90 Å². The molecule has 2 aliphatic heterocycles. The third-order valence-corrected chi connectivity index (χ3v) is 3.37. The van der Waals surface area contributed by atoms with Crippen molar-refractivity contribution in [2.24, 2.45) is 15.8 Å². The van der Waals surface area contributed by atoms with E-state index in [1.54, 1.807) is 0 Å². The van der Waals surface area contributed by atoms with Crippen LogP contribution in [0.3, 0.4) is 0 Å². The van der Waals surface area contributed by atoms with Gasteiger partial charge in [-0.25, -0.2) is 9.38 Å². The lowest BCUT2D eigenvalue weighted by atomic mass is 9.97. The molecule has 0 bridgehead atoms. The summed E-state index contributed by atoms with van der Waals surface area (Å²) in [5.74, 6) is 0.333. The number of ether oxygens (including phenoxy) is 1. The van der Waals surface area contributed by atoms with Crippen LogP contribution in [0.5, 0.6) is 0 Å². The Balaban J connectivity index is 2.25. The summed E-state index contributed by atoms with van der Waals surface area (Å²) < 4.78 is 19.8. The Morgan fingerprint density at radius 3 is 3.00 bits per heavy atom. The maximum atomic E-state index is 14.3. The van der Waals surface area contributed by atoms with E-state index < -0.39 is 37.3 Å². The number of hydrogen-bond donors (Lipinski definition) is 3. The van der Waals surface area contributed by atoms with Gasteiger partial charge >= 0.3 is 0 Å². The summed E-state index contributed by atoms with van der Waals surface area (Å²) in [6.07, 6.45) is -1.95. The van der Waals surface area contributed by atoms with E-state index in [1.807, 2.05) is 0 Å². The molecule has 0 amide bonds. The minimum atomic E-state index is -1.86. The quantitative estimate of drug-likeness (QED) is 0.372. The van der Waals surface area contributed by atoms with Gasteiger partial charge in [-0.15, -0.1) is 0 Å². The number of amidine groups is 1. The third-order valence-electron chi connectivity index (χ3n) is 3.37. The van der Waals surface area contributed by atoms with Crippen molar-refractivity contribution in [2.45, 2.75) is 24.1 Å². The van der Waals surface area contributed by atoms with E-state index in [-0.39, 0.29) is 11.7 Å².